The second kappa shape index (κ2) is 8.75. The van der Waals surface area contributed by atoms with Gasteiger partial charge in [0.15, 0.2) is 11.5 Å². The molecule has 5 rings (SSSR count). The first kappa shape index (κ1) is 21.3. The molecule has 4 N–H and O–H groups in total. The summed E-state index contributed by atoms with van der Waals surface area (Å²) in [4.78, 5) is 29.6. The number of benzene rings is 1. The van der Waals surface area contributed by atoms with E-state index in [0.717, 1.165) is 29.7 Å². The third kappa shape index (κ3) is 4.00. The number of aryl methyl sites for hydroxylation is 1. The Labute approximate surface area is 189 Å². The number of nitrogens with one attached hydrogen (secondary N) is 1. The summed E-state index contributed by atoms with van der Waals surface area (Å²) in [6.07, 6.45) is 4.47. The Morgan fingerprint density at radius 3 is 2.97 bits per heavy atom. The van der Waals surface area contributed by atoms with Gasteiger partial charge in [0.05, 0.1) is 35.5 Å². The van der Waals surface area contributed by atoms with Gasteiger partial charge in [0.1, 0.15) is 30.9 Å². The second-order valence-electron chi connectivity index (χ2n) is 8.31. The van der Waals surface area contributed by atoms with Crippen molar-refractivity contribution < 1.29 is 14.6 Å². The molecule has 4 aromatic rings. The van der Waals surface area contributed by atoms with Crippen LogP contribution in [0.5, 0.6) is 0 Å². The van der Waals surface area contributed by atoms with Crippen LogP contribution >= 0.6 is 0 Å². The molecule has 11 nitrogen and oxygen atoms in total. The number of hydrogen-bond donors (Lipinski definition) is 3. The molecule has 1 amide bonds. The molecule has 3 atom stereocenters. The number of rotatable bonds is 6. The van der Waals surface area contributed by atoms with Crippen molar-refractivity contribution in [1.29, 1.82) is 0 Å². The number of para-hydroxylation sites is 2. The van der Waals surface area contributed by atoms with E-state index < -0.39 is 12.1 Å². The van der Waals surface area contributed by atoms with Crippen molar-refractivity contribution in [2.45, 2.75) is 44.1 Å². The molecule has 0 saturated heterocycles. The standard InChI is InChI=1S/C22H26N8O3/c1-29-15-7-3-2-5-13(15)27-17(29)9-33-10-18(31)28-14-6-4-8-16(20(14)32)30-12-26-19-21(23)24-11-25-22(19)30/h2-3,5,7,11-12,14,16,20,32H,4,6,8-10H2,1H3,(H,28,31)(H2,23,24,25)/t14-,16-,20-/m0/s1. The summed E-state index contributed by atoms with van der Waals surface area (Å²) in [6.45, 7) is 0.103. The molecule has 0 spiro atoms. The molecule has 1 aliphatic rings. The molecule has 0 aliphatic heterocycles. The smallest absolute Gasteiger partial charge is 0.246 e. The number of imidazole rings is 2. The van der Waals surface area contributed by atoms with Gasteiger partial charge in [-0.2, -0.15) is 0 Å². The van der Waals surface area contributed by atoms with Gasteiger partial charge in [-0.15, -0.1) is 0 Å². The zero-order valence-electron chi connectivity index (χ0n) is 18.3. The summed E-state index contributed by atoms with van der Waals surface area (Å²) < 4.78 is 9.39. The quantitative estimate of drug-likeness (QED) is 0.396. The largest absolute Gasteiger partial charge is 0.389 e. The predicted molar refractivity (Wildman–Crippen MR) is 121 cm³/mol. The van der Waals surface area contributed by atoms with Crippen molar-refractivity contribution in [3.63, 3.8) is 0 Å². The summed E-state index contributed by atoms with van der Waals surface area (Å²) in [5.74, 6) is 0.766. The van der Waals surface area contributed by atoms with E-state index in [1.54, 1.807) is 6.33 Å². The van der Waals surface area contributed by atoms with Crippen LogP contribution in [-0.2, 0) is 23.2 Å². The lowest BCUT2D eigenvalue weighted by Gasteiger charge is -2.35. The number of carbonyl (C=O) groups is 1. The molecule has 1 saturated carbocycles. The summed E-state index contributed by atoms with van der Waals surface area (Å²) >= 11 is 0. The highest BCUT2D eigenvalue weighted by molar-refractivity contribution is 5.81. The Morgan fingerprint density at radius 2 is 2.12 bits per heavy atom. The monoisotopic (exact) mass is 450 g/mol. The fourth-order valence-corrected chi connectivity index (χ4v) is 4.54. The number of hydrogen-bond acceptors (Lipinski definition) is 8. The number of aliphatic hydroxyl groups is 1. The van der Waals surface area contributed by atoms with Crippen LogP contribution in [-0.4, -0.2) is 58.8 Å². The van der Waals surface area contributed by atoms with Gasteiger partial charge in [-0.05, 0) is 31.4 Å². The lowest BCUT2D eigenvalue weighted by Crippen LogP contribution is -2.50. The van der Waals surface area contributed by atoms with E-state index in [0.29, 0.717) is 23.4 Å². The van der Waals surface area contributed by atoms with Gasteiger partial charge >= 0.3 is 0 Å². The van der Waals surface area contributed by atoms with Crippen LogP contribution < -0.4 is 11.1 Å². The van der Waals surface area contributed by atoms with Gasteiger partial charge in [0.2, 0.25) is 5.91 Å². The second-order valence-corrected chi connectivity index (χ2v) is 8.31. The summed E-state index contributed by atoms with van der Waals surface area (Å²) in [6, 6.07) is 7.15. The van der Waals surface area contributed by atoms with Crippen molar-refractivity contribution in [2.24, 2.45) is 7.05 Å². The van der Waals surface area contributed by atoms with E-state index in [1.807, 2.05) is 40.4 Å². The fraction of sp³-hybridized carbons (Fsp3) is 0.409. The first-order chi connectivity index (χ1) is 16.0. The number of fused-ring (bicyclic) bond motifs is 2. The van der Waals surface area contributed by atoms with E-state index in [-0.39, 0.29) is 25.2 Å². The maximum absolute atomic E-state index is 12.5. The Balaban J connectivity index is 1.20. The van der Waals surface area contributed by atoms with Gasteiger partial charge in [-0.1, -0.05) is 12.1 Å². The van der Waals surface area contributed by atoms with Crippen LogP contribution in [0, 0.1) is 0 Å². The van der Waals surface area contributed by atoms with Crippen molar-refractivity contribution in [3.8, 4) is 0 Å². The third-order valence-corrected chi connectivity index (χ3v) is 6.26. The van der Waals surface area contributed by atoms with Crippen LogP contribution in [0.1, 0.15) is 31.1 Å². The lowest BCUT2D eigenvalue weighted by atomic mass is 9.88. The van der Waals surface area contributed by atoms with E-state index in [4.69, 9.17) is 10.5 Å². The minimum atomic E-state index is -0.795. The molecule has 1 aliphatic carbocycles. The average Bonchev–Trinajstić information content (AvgIpc) is 3.38. The summed E-state index contributed by atoms with van der Waals surface area (Å²) in [7, 11) is 1.92. The molecule has 3 heterocycles. The first-order valence-corrected chi connectivity index (χ1v) is 10.9. The summed E-state index contributed by atoms with van der Waals surface area (Å²) in [5.41, 5.74) is 8.86. The topological polar surface area (TPSA) is 146 Å². The van der Waals surface area contributed by atoms with Gasteiger partial charge in [0.25, 0.3) is 0 Å². The van der Waals surface area contributed by atoms with Gasteiger partial charge < -0.3 is 30.0 Å². The predicted octanol–water partition coefficient (Wildman–Crippen LogP) is 1.08. The van der Waals surface area contributed by atoms with Crippen molar-refractivity contribution in [1.82, 2.24) is 34.4 Å². The van der Waals surface area contributed by atoms with Gasteiger partial charge in [-0.3, -0.25) is 4.79 Å². The molecular formula is C22H26N8O3. The van der Waals surface area contributed by atoms with Crippen LogP contribution in [0.2, 0.25) is 0 Å². The van der Waals surface area contributed by atoms with Gasteiger partial charge in [-0.25, -0.2) is 19.9 Å². The highest BCUT2D eigenvalue weighted by Crippen LogP contribution is 2.31. The normalized spacial score (nSPS) is 21.0. The molecule has 33 heavy (non-hydrogen) atoms. The average molecular weight is 451 g/mol. The Hall–Kier alpha value is -3.57. The minimum absolute atomic E-state index is 0.116. The SMILES string of the molecule is Cn1c(COCC(=O)N[C@H]2CCC[C@H](n3cnc4c(N)ncnc43)[C@H]2O)nc2ccccc21. The Morgan fingerprint density at radius 1 is 1.27 bits per heavy atom. The number of anilines is 1. The number of ether oxygens (including phenoxy) is 1. The minimum Gasteiger partial charge on any atom is -0.389 e. The van der Waals surface area contributed by atoms with Crippen LogP contribution in [0.15, 0.2) is 36.9 Å². The van der Waals surface area contributed by atoms with E-state index in [9.17, 15) is 9.90 Å². The molecule has 0 bridgehead atoms. The number of carbonyl (C=O) groups excluding carboxylic acids is 1. The maximum atomic E-state index is 12.5. The highest BCUT2D eigenvalue weighted by atomic mass is 16.5. The Bertz CT molecular complexity index is 1300. The maximum Gasteiger partial charge on any atom is 0.246 e. The van der Waals surface area contributed by atoms with E-state index in [2.05, 4.69) is 25.3 Å². The molecule has 11 heteroatoms. The molecule has 172 valence electrons. The zero-order chi connectivity index (χ0) is 22.9. The van der Waals surface area contributed by atoms with Crippen molar-refractivity contribution >= 4 is 33.9 Å². The number of amides is 1. The van der Waals surface area contributed by atoms with E-state index >= 15 is 0 Å². The lowest BCUT2D eigenvalue weighted by molar-refractivity contribution is -0.128. The summed E-state index contributed by atoms with van der Waals surface area (Å²) in [5, 5.41) is 13.9. The highest BCUT2D eigenvalue weighted by Gasteiger charge is 2.35. The van der Waals surface area contributed by atoms with Crippen LogP contribution in [0.25, 0.3) is 22.2 Å². The molecule has 0 unspecified atom stereocenters. The third-order valence-electron chi connectivity index (χ3n) is 6.26. The first-order valence-electron chi connectivity index (χ1n) is 10.9. The zero-order valence-corrected chi connectivity index (χ0v) is 18.3. The Kier molecular flexibility index (Phi) is 5.65. The number of nitrogens with two attached hydrogens (primary N) is 1. The number of aliphatic hydroxyl groups excluding tert-OH is 1. The van der Waals surface area contributed by atoms with Crippen molar-refractivity contribution in [2.75, 3.05) is 12.3 Å². The van der Waals surface area contributed by atoms with Gasteiger partial charge in [0, 0.05) is 7.05 Å². The number of nitrogen functional groups attached to an aromatic ring is 1. The van der Waals surface area contributed by atoms with Crippen molar-refractivity contribution in [3.05, 3.63) is 42.7 Å². The fourth-order valence-electron chi connectivity index (χ4n) is 4.54. The number of nitrogens with zero attached hydrogens (tertiary/aromatic N) is 6. The molecular weight excluding hydrogens is 424 g/mol. The molecule has 1 aromatic carbocycles. The van der Waals surface area contributed by atoms with Crippen LogP contribution in [0.4, 0.5) is 5.82 Å². The van der Waals surface area contributed by atoms with Crippen LogP contribution in [0.3, 0.4) is 0 Å². The molecule has 3 aromatic heterocycles. The molecule has 1 fully saturated rings. The number of aromatic nitrogens is 6. The molecule has 0 radical (unpaired) electrons. The van der Waals surface area contributed by atoms with E-state index in [1.165, 1.54) is 6.33 Å².